The van der Waals surface area contributed by atoms with Gasteiger partial charge in [-0.15, -0.1) is 0 Å². The fourth-order valence-electron chi connectivity index (χ4n) is 4.09. The summed E-state index contributed by atoms with van der Waals surface area (Å²) >= 11 is 0. The molecule has 0 atom stereocenters. The lowest BCUT2D eigenvalue weighted by Gasteiger charge is -2.27. The van der Waals surface area contributed by atoms with Crippen LogP contribution < -0.4 is 15.5 Å². The van der Waals surface area contributed by atoms with Crippen LogP contribution in [0.5, 0.6) is 0 Å². The largest absolute Gasteiger partial charge is 0.464 e. The van der Waals surface area contributed by atoms with E-state index in [0.29, 0.717) is 30.9 Å². The maximum absolute atomic E-state index is 13.2. The highest BCUT2D eigenvalue weighted by Gasteiger charge is 2.26. The number of hydrogen-bond donors (Lipinski definition) is 2. The fourth-order valence-corrected chi connectivity index (χ4v) is 4.09. The lowest BCUT2D eigenvalue weighted by Crippen LogP contribution is -2.38. The number of amides is 3. The van der Waals surface area contributed by atoms with Crippen molar-refractivity contribution in [1.82, 2.24) is 25.1 Å². The van der Waals surface area contributed by atoms with Crippen molar-refractivity contribution in [2.45, 2.75) is 78.4 Å². The van der Waals surface area contributed by atoms with Crippen molar-refractivity contribution < 1.29 is 37.8 Å². The van der Waals surface area contributed by atoms with Crippen molar-refractivity contribution in [2.75, 3.05) is 30.4 Å². The standard InChI is InChI=1S/C31H43N7O8/c1-30(2,3)45-28(41)33-14-11-9-10-12-16-38(29(42)46-31(4,5)6)23-17-20(13-15-32-23)26-35-22(19-44-26)25(39)34-21-18-37(7)36-24(21)27(40)43-8/h13,15,17-19H,9-12,14,16H2,1-8H3,(H,33,41)(H,34,39). The molecule has 3 aromatic rings. The van der Waals surface area contributed by atoms with Crippen LogP contribution in [0.3, 0.4) is 0 Å². The number of alkyl carbamates (subject to hydrolysis) is 1. The Labute approximate surface area is 268 Å². The molecule has 0 aliphatic carbocycles. The summed E-state index contributed by atoms with van der Waals surface area (Å²) in [4.78, 5) is 60.1. The molecule has 15 heteroatoms. The third kappa shape index (κ3) is 10.9. The summed E-state index contributed by atoms with van der Waals surface area (Å²) in [5.74, 6) is -0.889. The summed E-state index contributed by atoms with van der Waals surface area (Å²) in [7, 11) is 2.82. The van der Waals surface area contributed by atoms with E-state index in [1.165, 1.54) is 35.3 Å². The van der Waals surface area contributed by atoms with Crippen LogP contribution in [0.25, 0.3) is 11.5 Å². The molecule has 0 saturated carbocycles. The molecule has 0 aromatic carbocycles. The number of pyridine rings is 1. The van der Waals surface area contributed by atoms with Crippen LogP contribution >= 0.6 is 0 Å². The van der Waals surface area contributed by atoms with Gasteiger partial charge in [-0.2, -0.15) is 5.10 Å². The molecule has 0 fully saturated rings. The lowest BCUT2D eigenvalue weighted by molar-refractivity contribution is 0.0523. The highest BCUT2D eigenvalue weighted by Crippen LogP contribution is 2.25. The summed E-state index contributed by atoms with van der Waals surface area (Å²) in [6.45, 7) is 11.6. The monoisotopic (exact) mass is 641 g/mol. The van der Waals surface area contributed by atoms with E-state index in [2.05, 4.69) is 25.7 Å². The van der Waals surface area contributed by atoms with Crippen molar-refractivity contribution >= 4 is 35.6 Å². The summed E-state index contributed by atoms with van der Waals surface area (Å²) in [5.41, 5.74) is -0.751. The van der Waals surface area contributed by atoms with E-state index in [1.807, 2.05) is 20.8 Å². The van der Waals surface area contributed by atoms with E-state index in [1.54, 1.807) is 40.0 Å². The van der Waals surface area contributed by atoms with Crippen molar-refractivity contribution in [3.63, 3.8) is 0 Å². The summed E-state index contributed by atoms with van der Waals surface area (Å²) < 4.78 is 22.6. The van der Waals surface area contributed by atoms with Crippen LogP contribution in [-0.4, -0.2) is 75.2 Å². The number of nitrogens with one attached hydrogen (secondary N) is 2. The Morgan fingerprint density at radius 3 is 2.37 bits per heavy atom. The highest BCUT2D eigenvalue weighted by molar-refractivity contribution is 6.06. The SMILES string of the molecule is COC(=O)c1nn(C)cc1NC(=O)c1coc(-c2ccnc(N(CCCCCCNC(=O)OC(C)(C)C)C(=O)OC(C)(C)C)c2)n1. The van der Waals surface area contributed by atoms with Gasteiger partial charge in [-0.25, -0.2) is 24.4 Å². The zero-order valence-corrected chi connectivity index (χ0v) is 27.6. The molecular formula is C31H43N7O8. The van der Waals surface area contributed by atoms with E-state index < -0.39 is 35.3 Å². The normalized spacial score (nSPS) is 11.5. The van der Waals surface area contributed by atoms with E-state index >= 15 is 0 Å². The predicted molar refractivity (Wildman–Crippen MR) is 169 cm³/mol. The predicted octanol–water partition coefficient (Wildman–Crippen LogP) is 5.34. The molecule has 0 unspecified atom stereocenters. The molecule has 0 aliphatic rings. The van der Waals surface area contributed by atoms with Crippen LogP contribution in [0.4, 0.5) is 21.1 Å². The Morgan fingerprint density at radius 2 is 1.70 bits per heavy atom. The van der Waals surface area contributed by atoms with Gasteiger partial charge in [0.05, 0.1) is 12.8 Å². The number of esters is 1. The molecule has 0 bridgehead atoms. The van der Waals surface area contributed by atoms with Gasteiger partial charge in [0.25, 0.3) is 5.91 Å². The maximum atomic E-state index is 13.2. The summed E-state index contributed by atoms with van der Waals surface area (Å²) in [6.07, 6.45) is 6.17. The molecule has 2 N–H and O–H groups in total. The number of carbonyl (C=O) groups is 4. The van der Waals surface area contributed by atoms with Crippen molar-refractivity contribution in [3.8, 4) is 11.5 Å². The number of aromatic nitrogens is 4. The molecule has 0 spiro atoms. The minimum absolute atomic E-state index is 0.0433. The van der Waals surface area contributed by atoms with Crippen molar-refractivity contribution in [3.05, 3.63) is 42.2 Å². The third-order valence-electron chi connectivity index (χ3n) is 6.05. The molecule has 3 aromatic heterocycles. The highest BCUT2D eigenvalue weighted by atomic mass is 16.6. The molecule has 3 amide bonds. The van der Waals surface area contributed by atoms with Crippen LogP contribution in [0, 0.1) is 0 Å². The minimum Gasteiger partial charge on any atom is -0.464 e. The molecule has 46 heavy (non-hydrogen) atoms. The smallest absolute Gasteiger partial charge is 0.416 e. The van der Waals surface area contributed by atoms with Crippen LogP contribution in [0.15, 0.2) is 35.2 Å². The van der Waals surface area contributed by atoms with Gasteiger partial charge < -0.3 is 29.3 Å². The second-order valence-electron chi connectivity index (χ2n) is 12.4. The Morgan fingerprint density at radius 1 is 1.00 bits per heavy atom. The maximum Gasteiger partial charge on any atom is 0.416 e. The van der Waals surface area contributed by atoms with Gasteiger partial charge in [-0.3, -0.25) is 14.4 Å². The number of ether oxygens (including phenoxy) is 3. The molecule has 15 nitrogen and oxygen atoms in total. The average molecular weight is 642 g/mol. The number of oxazole rings is 1. The number of unbranched alkanes of at least 4 members (excludes halogenated alkanes) is 3. The fraction of sp³-hybridized carbons (Fsp3) is 0.516. The van der Waals surface area contributed by atoms with Gasteiger partial charge in [0.2, 0.25) is 5.89 Å². The molecule has 3 heterocycles. The van der Waals surface area contributed by atoms with Gasteiger partial charge >= 0.3 is 18.2 Å². The molecule has 0 radical (unpaired) electrons. The zero-order valence-electron chi connectivity index (χ0n) is 27.6. The first-order chi connectivity index (χ1) is 21.6. The van der Waals surface area contributed by atoms with Crippen molar-refractivity contribution in [1.29, 1.82) is 0 Å². The van der Waals surface area contributed by atoms with Gasteiger partial charge in [0, 0.05) is 38.1 Å². The third-order valence-corrected chi connectivity index (χ3v) is 6.05. The zero-order chi connectivity index (χ0) is 34.1. The molecule has 250 valence electrons. The number of methoxy groups -OCH3 is 1. The second kappa shape index (κ2) is 15.4. The number of rotatable bonds is 12. The summed E-state index contributed by atoms with van der Waals surface area (Å²) in [5, 5.41) is 9.35. The van der Waals surface area contributed by atoms with Gasteiger partial charge in [-0.05, 0) is 66.5 Å². The first-order valence-electron chi connectivity index (χ1n) is 14.9. The number of hydrogen-bond acceptors (Lipinski definition) is 11. The van der Waals surface area contributed by atoms with E-state index in [9.17, 15) is 19.2 Å². The molecule has 0 saturated heterocycles. The Hall–Kier alpha value is -4.95. The van der Waals surface area contributed by atoms with Crippen LogP contribution in [-0.2, 0) is 21.3 Å². The molecule has 3 rings (SSSR count). The Kier molecular flexibility index (Phi) is 11.9. The Balaban J connectivity index is 1.67. The van der Waals surface area contributed by atoms with Gasteiger partial charge in [0.1, 0.15) is 23.3 Å². The number of aryl methyl sites for hydroxylation is 1. The topological polar surface area (TPSA) is 180 Å². The van der Waals surface area contributed by atoms with Crippen LogP contribution in [0.1, 0.15) is 88.2 Å². The average Bonchev–Trinajstić information content (AvgIpc) is 3.59. The van der Waals surface area contributed by atoms with E-state index in [-0.39, 0.29) is 23.0 Å². The lowest BCUT2D eigenvalue weighted by atomic mass is 10.2. The number of nitrogens with zero attached hydrogens (tertiary/aromatic N) is 5. The van der Waals surface area contributed by atoms with Gasteiger partial charge in [0.15, 0.2) is 11.4 Å². The first kappa shape index (κ1) is 35.5. The van der Waals surface area contributed by atoms with Gasteiger partial charge in [-0.1, -0.05) is 12.8 Å². The number of carbonyl (C=O) groups excluding carboxylic acids is 4. The second-order valence-corrected chi connectivity index (χ2v) is 12.4. The Bertz CT molecular complexity index is 1520. The van der Waals surface area contributed by atoms with E-state index in [4.69, 9.17) is 18.6 Å². The van der Waals surface area contributed by atoms with Crippen LogP contribution in [0.2, 0.25) is 0 Å². The first-order valence-corrected chi connectivity index (χ1v) is 14.9. The van der Waals surface area contributed by atoms with Crippen molar-refractivity contribution in [2.24, 2.45) is 7.05 Å². The van der Waals surface area contributed by atoms with E-state index in [0.717, 1.165) is 19.3 Å². The number of anilines is 2. The minimum atomic E-state index is -0.729. The molecular weight excluding hydrogens is 598 g/mol. The molecule has 0 aliphatic heterocycles. The quantitative estimate of drug-likeness (QED) is 0.148. The summed E-state index contributed by atoms with van der Waals surface area (Å²) in [6, 6.07) is 3.26.